The Balaban J connectivity index is 2.06. The molecule has 0 aromatic heterocycles. The van der Waals surface area contributed by atoms with Crippen molar-refractivity contribution < 1.29 is 32.6 Å². The smallest absolute Gasteiger partial charge is 0.416 e. The Labute approximate surface area is 159 Å². The fourth-order valence-electron chi connectivity index (χ4n) is 3.77. The highest BCUT2D eigenvalue weighted by Crippen LogP contribution is 2.37. The van der Waals surface area contributed by atoms with Crippen LogP contribution in [0.1, 0.15) is 35.4 Å². The molecule has 4 nitrogen and oxygen atoms in total. The first-order valence-corrected chi connectivity index (χ1v) is 8.78. The average Bonchev–Trinajstić information content (AvgIpc) is 3.13. The second-order valence-electron chi connectivity index (χ2n) is 6.83. The SMILES string of the molecule is O=C(O)N1CCCC1[C@H](O)[C@@H](c1ccc(F)cc1)c1cccc(C(F)(F)F)c1. The van der Waals surface area contributed by atoms with Crippen molar-refractivity contribution in [1.29, 1.82) is 0 Å². The molecule has 8 heteroatoms. The molecule has 1 saturated heterocycles. The summed E-state index contributed by atoms with van der Waals surface area (Å²) in [5, 5.41) is 20.4. The third kappa shape index (κ3) is 4.11. The van der Waals surface area contributed by atoms with Crippen LogP contribution in [0.4, 0.5) is 22.4 Å². The maximum Gasteiger partial charge on any atom is 0.416 e. The van der Waals surface area contributed by atoms with Crippen molar-refractivity contribution in [1.82, 2.24) is 4.90 Å². The van der Waals surface area contributed by atoms with Crippen molar-refractivity contribution in [3.8, 4) is 0 Å². The lowest BCUT2D eigenvalue weighted by Gasteiger charge is -2.33. The lowest BCUT2D eigenvalue weighted by atomic mass is 9.82. The van der Waals surface area contributed by atoms with E-state index < -0.39 is 41.7 Å². The van der Waals surface area contributed by atoms with Gasteiger partial charge in [-0.2, -0.15) is 13.2 Å². The maximum absolute atomic E-state index is 13.3. The van der Waals surface area contributed by atoms with Crippen molar-refractivity contribution >= 4 is 6.09 Å². The molecule has 28 heavy (non-hydrogen) atoms. The normalized spacial score (nSPS) is 19.5. The lowest BCUT2D eigenvalue weighted by Crippen LogP contribution is -2.44. The topological polar surface area (TPSA) is 60.8 Å². The van der Waals surface area contributed by atoms with Gasteiger partial charge in [-0.25, -0.2) is 9.18 Å². The van der Waals surface area contributed by atoms with Gasteiger partial charge in [0.05, 0.1) is 17.7 Å². The summed E-state index contributed by atoms with van der Waals surface area (Å²) in [5.74, 6) is -1.46. The Bertz CT molecular complexity index is 838. The molecule has 2 N–H and O–H groups in total. The number of aliphatic hydroxyl groups excluding tert-OH is 1. The van der Waals surface area contributed by atoms with E-state index in [1.807, 2.05) is 0 Å². The number of halogens is 4. The zero-order chi connectivity index (χ0) is 20.5. The molecule has 1 amide bonds. The number of hydrogen-bond donors (Lipinski definition) is 2. The fraction of sp³-hybridized carbons (Fsp3) is 0.350. The van der Waals surface area contributed by atoms with Gasteiger partial charge < -0.3 is 15.1 Å². The molecular weight excluding hydrogens is 378 g/mol. The summed E-state index contributed by atoms with van der Waals surface area (Å²) in [5.41, 5.74) is -0.276. The highest BCUT2D eigenvalue weighted by atomic mass is 19.4. The summed E-state index contributed by atoms with van der Waals surface area (Å²) in [4.78, 5) is 12.6. The number of nitrogens with zero attached hydrogens (tertiary/aromatic N) is 1. The monoisotopic (exact) mass is 397 g/mol. The Hall–Kier alpha value is -2.61. The van der Waals surface area contributed by atoms with E-state index in [1.165, 1.54) is 24.3 Å². The molecule has 3 rings (SSSR count). The van der Waals surface area contributed by atoms with Crippen LogP contribution in [0, 0.1) is 5.82 Å². The number of alkyl halides is 3. The summed E-state index contributed by atoms with van der Waals surface area (Å²) < 4.78 is 52.8. The van der Waals surface area contributed by atoms with Gasteiger partial charge in [-0.3, -0.25) is 0 Å². The summed E-state index contributed by atoms with van der Waals surface area (Å²) in [7, 11) is 0. The van der Waals surface area contributed by atoms with Crippen LogP contribution in [0.2, 0.25) is 0 Å². The molecule has 1 fully saturated rings. The van der Waals surface area contributed by atoms with E-state index in [1.54, 1.807) is 0 Å². The minimum Gasteiger partial charge on any atom is -0.465 e. The lowest BCUT2D eigenvalue weighted by molar-refractivity contribution is -0.137. The molecule has 0 spiro atoms. The molecule has 0 saturated carbocycles. The standard InChI is InChI=1S/C20H19F4NO3/c21-15-8-6-12(7-9-15)17(13-3-1-4-14(11-13)20(22,23)24)18(26)16-5-2-10-25(16)19(27)28/h1,3-4,6-9,11,16-18,26H,2,5,10H2,(H,27,28)/t16?,17-,18-/m0/s1. The summed E-state index contributed by atoms with van der Waals surface area (Å²) in [6, 6.07) is 8.90. The first-order chi connectivity index (χ1) is 13.2. The molecule has 0 aliphatic carbocycles. The van der Waals surface area contributed by atoms with Crippen LogP contribution in [-0.4, -0.2) is 39.9 Å². The number of rotatable bonds is 4. The van der Waals surface area contributed by atoms with Gasteiger partial charge >= 0.3 is 12.3 Å². The molecule has 2 aromatic rings. The summed E-state index contributed by atoms with van der Waals surface area (Å²) >= 11 is 0. The highest BCUT2D eigenvalue weighted by Gasteiger charge is 2.39. The second-order valence-corrected chi connectivity index (χ2v) is 6.83. The van der Waals surface area contributed by atoms with Crippen molar-refractivity contribution in [2.45, 2.75) is 37.1 Å². The van der Waals surface area contributed by atoms with E-state index in [0.29, 0.717) is 18.4 Å². The van der Waals surface area contributed by atoms with Crippen LogP contribution >= 0.6 is 0 Å². The average molecular weight is 397 g/mol. The number of carboxylic acid groups (broad SMARTS) is 1. The Kier molecular flexibility index (Phi) is 5.60. The van der Waals surface area contributed by atoms with E-state index in [0.717, 1.165) is 29.2 Å². The van der Waals surface area contributed by atoms with E-state index in [2.05, 4.69) is 0 Å². The number of aliphatic hydroxyl groups is 1. The first kappa shape index (κ1) is 20.1. The van der Waals surface area contributed by atoms with Crippen LogP contribution in [0.15, 0.2) is 48.5 Å². The molecule has 150 valence electrons. The predicted octanol–water partition coefficient (Wildman–Crippen LogP) is 4.48. The number of benzene rings is 2. The van der Waals surface area contributed by atoms with Gasteiger partial charge in [-0.05, 0) is 42.2 Å². The Morgan fingerprint density at radius 1 is 1.11 bits per heavy atom. The van der Waals surface area contributed by atoms with Gasteiger partial charge in [0.15, 0.2) is 0 Å². The fourth-order valence-corrected chi connectivity index (χ4v) is 3.77. The van der Waals surface area contributed by atoms with Gasteiger partial charge in [0.2, 0.25) is 0 Å². The van der Waals surface area contributed by atoms with Gasteiger partial charge in [0, 0.05) is 12.5 Å². The Morgan fingerprint density at radius 3 is 2.39 bits per heavy atom. The van der Waals surface area contributed by atoms with Gasteiger partial charge in [0.25, 0.3) is 0 Å². The van der Waals surface area contributed by atoms with Crippen molar-refractivity contribution in [3.63, 3.8) is 0 Å². The van der Waals surface area contributed by atoms with Gasteiger partial charge in [0.1, 0.15) is 5.82 Å². The molecule has 1 aliphatic rings. The van der Waals surface area contributed by atoms with Gasteiger partial charge in [-0.1, -0.05) is 30.3 Å². The van der Waals surface area contributed by atoms with Crippen molar-refractivity contribution in [2.24, 2.45) is 0 Å². The molecule has 1 aliphatic heterocycles. The minimum atomic E-state index is -4.56. The quantitative estimate of drug-likeness (QED) is 0.748. The van der Waals surface area contributed by atoms with E-state index in [-0.39, 0.29) is 12.1 Å². The molecule has 1 heterocycles. The largest absolute Gasteiger partial charge is 0.465 e. The number of hydrogen-bond acceptors (Lipinski definition) is 2. The number of amides is 1. The van der Waals surface area contributed by atoms with Crippen LogP contribution in [-0.2, 0) is 6.18 Å². The minimum absolute atomic E-state index is 0.186. The van der Waals surface area contributed by atoms with Gasteiger partial charge in [-0.15, -0.1) is 0 Å². The molecule has 2 aromatic carbocycles. The van der Waals surface area contributed by atoms with E-state index >= 15 is 0 Å². The highest BCUT2D eigenvalue weighted by molar-refractivity contribution is 5.66. The molecule has 1 unspecified atom stereocenters. The first-order valence-electron chi connectivity index (χ1n) is 8.78. The van der Waals surface area contributed by atoms with Crippen LogP contribution in [0.25, 0.3) is 0 Å². The van der Waals surface area contributed by atoms with E-state index in [4.69, 9.17) is 0 Å². The summed E-state index contributed by atoms with van der Waals surface area (Å²) in [6.45, 7) is 0.246. The zero-order valence-electron chi connectivity index (χ0n) is 14.7. The Morgan fingerprint density at radius 2 is 1.79 bits per heavy atom. The predicted molar refractivity (Wildman–Crippen MR) is 93.4 cm³/mol. The summed E-state index contributed by atoms with van der Waals surface area (Å²) in [6.07, 6.45) is -6.10. The molecular formula is C20H19F4NO3. The molecule has 3 atom stereocenters. The van der Waals surface area contributed by atoms with Crippen LogP contribution in [0.3, 0.4) is 0 Å². The third-order valence-corrected chi connectivity index (χ3v) is 5.08. The molecule has 0 bridgehead atoms. The van der Waals surface area contributed by atoms with Crippen LogP contribution in [0.5, 0.6) is 0 Å². The number of carbonyl (C=O) groups is 1. The van der Waals surface area contributed by atoms with E-state index in [9.17, 15) is 32.6 Å². The van der Waals surface area contributed by atoms with Crippen molar-refractivity contribution in [2.75, 3.05) is 6.54 Å². The van der Waals surface area contributed by atoms with Crippen molar-refractivity contribution in [3.05, 3.63) is 71.0 Å². The zero-order valence-corrected chi connectivity index (χ0v) is 14.7. The third-order valence-electron chi connectivity index (χ3n) is 5.08. The number of likely N-dealkylation sites (tertiary alicyclic amines) is 1. The van der Waals surface area contributed by atoms with Crippen LogP contribution < -0.4 is 0 Å². The molecule has 0 radical (unpaired) electrons. The second kappa shape index (κ2) is 7.79. The maximum atomic E-state index is 13.3.